The van der Waals surface area contributed by atoms with Crippen LogP contribution in [0.5, 0.6) is 0 Å². The van der Waals surface area contributed by atoms with Crippen LogP contribution >= 0.6 is 7.60 Å². The van der Waals surface area contributed by atoms with E-state index in [4.69, 9.17) is 9.79 Å². The Balaban J connectivity index is 2.94. The van der Waals surface area contributed by atoms with Crippen LogP contribution in [0, 0.1) is 0 Å². The molecule has 1 rings (SSSR count). The van der Waals surface area contributed by atoms with Crippen LogP contribution in [0.3, 0.4) is 0 Å². The molecule has 12 heavy (non-hydrogen) atoms. The molecule has 66 valence electrons. The van der Waals surface area contributed by atoms with Gasteiger partial charge >= 0.3 is 7.60 Å². The summed E-state index contributed by atoms with van der Waals surface area (Å²) in [6, 6.07) is 7.37. The summed E-state index contributed by atoms with van der Waals surface area (Å²) in [4.78, 5) is 17.0. The summed E-state index contributed by atoms with van der Waals surface area (Å²) in [5, 5.41) is 0. The van der Waals surface area contributed by atoms with Gasteiger partial charge in [0, 0.05) is 0 Å². The topological polar surface area (TPSA) is 57.5 Å². The molecule has 0 saturated heterocycles. The third kappa shape index (κ3) is 2.14. The third-order valence-electron chi connectivity index (χ3n) is 1.37. The van der Waals surface area contributed by atoms with Gasteiger partial charge in [-0.05, 0) is 5.56 Å². The van der Waals surface area contributed by atoms with Gasteiger partial charge in [-0.25, -0.2) is 4.39 Å². The van der Waals surface area contributed by atoms with Crippen LogP contribution in [0.2, 0.25) is 0 Å². The van der Waals surface area contributed by atoms with Gasteiger partial charge in [0.25, 0.3) is 0 Å². The van der Waals surface area contributed by atoms with Gasteiger partial charge in [0.05, 0.1) is 0 Å². The third-order valence-corrected chi connectivity index (χ3v) is 2.26. The highest BCUT2D eigenvalue weighted by atomic mass is 31.2. The minimum atomic E-state index is -4.65. The van der Waals surface area contributed by atoms with Crippen molar-refractivity contribution in [2.75, 3.05) is 0 Å². The van der Waals surface area contributed by atoms with E-state index in [2.05, 4.69) is 0 Å². The molecule has 3 nitrogen and oxygen atoms in total. The monoisotopic (exact) mass is 190 g/mol. The van der Waals surface area contributed by atoms with E-state index >= 15 is 0 Å². The highest BCUT2D eigenvalue weighted by molar-refractivity contribution is 7.51. The summed E-state index contributed by atoms with van der Waals surface area (Å²) < 4.78 is 23.3. The summed E-state index contributed by atoms with van der Waals surface area (Å²) in [5.74, 6) is -2.21. The lowest BCUT2D eigenvalue weighted by molar-refractivity contribution is 0.303. The van der Waals surface area contributed by atoms with Crippen molar-refractivity contribution in [2.45, 2.75) is 5.91 Å². The van der Waals surface area contributed by atoms with Crippen LogP contribution in [0.4, 0.5) is 4.39 Å². The fourth-order valence-electron chi connectivity index (χ4n) is 0.806. The van der Waals surface area contributed by atoms with Crippen molar-refractivity contribution in [1.29, 1.82) is 0 Å². The van der Waals surface area contributed by atoms with Crippen molar-refractivity contribution < 1.29 is 18.7 Å². The van der Waals surface area contributed by atoms with Crippen LogP contribution in [-0.2, 0) is 4.57 Å². The Morgan fingerprint density at radius 1 is 1.25 bits per heavy atom. The zero-order chi connectivity index (χ0) is 9.19. The quantitative estimate of drug-likeness (QED) is 0.699. The Hall–Kier alpha value is -0.700. The van der Waals surface area contributed by atoms with Gasteiger partial charge < -0.3 is 9.79 Å². The molecule has 0 heterocycles. The Kier molecular flexibility index (Phi) is 2.62. The molecular weight excluding hydrogens is 182 g/mol. The maximum atomic E-state index is 12.9. The predicted octanol–water partition coefficient (Wildman–Crippen LogP) is 1.83. The van der Waals surface area contributed by atoms with E-state index in [1.165, 1.54) is 24.3 Å². The number of halogens is 1. The average Bonchev–Trinajstić information content (AvgIpc) is 2.03. The van der Waals surface area contributed by atoms with Gasteiger partial charge in [0.1, 0.15) is 0 Å². The Morgan fingerprint density at radius 2 is 1.75 bits per heavy atom. The molecule has 0 aliphatic rings. The van der Waals surface area contributed by atoms with Crippen molar-refractivity contribution in [2.24, 2.45) is 0 Å². The van der Waals surface area contributed by atoms with E-state index in [0.717, 1.165) is 0 Å². The first-order chi connectivity index (χ1) is 5.52. The van der Waals surface area contributed by atoms with E-state index in [1.54, 1.807) is 6.07 Å². The van der Waals surface area contributed by atoms with Crippen molar-refractivity contribution in [1.82, 2.24) is 0 Å². The van der Waals surface area contributed by atoms with E-state index in [9.17, 15) is 8.96 Å². The smallest absolute Gasteiger partial charge is 0.322 e. The lowest BCUT2D eigenvalue weighted by atomic mass is 10.2. The molecule has 0 aliphatic carbocycles. The van der Waals surface area contributed by atoms with Crippen molar-refractivity contribution in [3.63, 3.8) is 0 Å². The summed E-state index contributed by atoms with van der Waals surface area (Å²) in [7, 11) is -4.65. The maximum absolute atomic E-state index is 12.9. The molecule has 0 spiro atoms. The molecule has 0 amide bonds. The Bertz CT molecular complexity index is 295. The van der Waals surface area contributed by atoms with Crippen LogP contribution in [-0.4, -0.2) is 9.79 Å². The van der Waals surface area contributed by atoms with E-state index in [1.807, 2.05) is 0 Å². The molecule has 0 unspecified atom stereocenters. The molecule has 0 radical (unpaired) electrons. The fourth-order valence-corrected chi connectivity index (χ4v) is 1.37. The second-order valence-corrected chi connectivity index (χ2v) is 3.97. The van der Waals surface area contributed by atoms with Crippen LogP contribution in [0.1, 0.15) is 11.5 Å². The number of alkyl halides is 1. The molecule has 5 heteroatoms. The van der Waals surface area contributed by atoms with Crippen LogP contribution in [0.25, 0.3) is 0 Å². The first kappa shape index (κ1) is 9.39. The zero-order valence-electron chi connectivity index (χ0n) is 6.09. The Labute approximate surface area is 69.0 Å². The van der Waals surface area contributed by atoms with Crippen molar-refractivity contribution >= 4 is 7.60 Å². The molecule has 2 N–H and O–H groups in total. The number of hydrogen-bond acceptors (Lipinski definition) is 1. The molecule has 0 saturated carbocycles. The number of benzene rings is 1. The highest BCUT2D eigenvalue weighted by Gasteiger charge is 2.29. The van der Waals surface area contributed by atoms with E-state index in [0.29, 0.717) is 0 Å². The van der Waals surface area contributed by atoms with Crippen LogP contribution in [0.15, 0.2) is 30.3 Å². The fraction of sp³-hybridized carbons (Fsp3) is 0.143. The van der Waals surface area contributed by atoms with Gasteiger partial charge in [-0.3, -0.25) is 4.57 Å². The minimum Gasteiger partial charge on any atom is -0.322 e. The largest absolute Gasteiger partial charge is 0.363 e. The van der Waals surface area contributed by atoms with Gasteiger partial charge in [0.15, 0.2) is 0 Å². The molecule has 0 aromatic heterocycles. The average molecular weight is 190 g/mol. The summed E-state index contributed by atoms with van der Waals surface area (Å²) in [5.41, 5.74) is 0.00540. The first-order valence-corrected chi connectivity index (χ1v) is 4.94. The maximum Gasteiger partial charge on any atom is 0.363 e. The molecular formula is C7H8FO3P. The molecule has 1 aromatic carbocycles. The van der Waals surface area contributed by atoms with Gasteiger partial charge in [-0.2, -0.15) is 0 Å². The molecule has 0 fully saturated rings. The standard InChI is InChI=1S/C7H8FO3P/c8-7(12(9,10)11)6-4-2-1-3-5-6/h1-5,7H,(H2,9,10,11)/t7-/m0/s1. The van der Waals surface area contributed by atoms with E-state index < -0.39 is 13.5 Å². The van der Waals surface area contributed by atoms with Crippen LogP contribution < -0.4 is 0 Å². The first-order valence-electron chi connectivity index (χ1n) is 3.26. The van der Waals surface area contributed by atoms with Gasteiger partial charge in [0.2, 0.25) is 5.91 Å². The SMILES string of the molecule is O=P(O)(O)[C@H](F)c1ccccc1. The molecule has 1 atom stereocenters. The predicted molar refractivity (Wildman–Crippen MR) is 42.3 cm³/mol. The molecule has 1 aromatic rings. The lowest BCUT2D eigenvalue weighted by Gasteiger charge is -2.09. The summed E-state index contributed by atoms with van der Waals surface area (Å²) in [6.07, 6.45) is 0. The molecule has 0 bridgehead atoms. The molecule has 0 aliphatic heterocycles. The Morgan fingerprint density at radius 3 is 2.17 bits per heavy atom. The summed E-state index contributed by atoms with van der Waals surface area (Å²) in [6.45, 7) is 0. The second kappa shape index (κ2) is 3.35. The summed E-state index contributed by atoms with van der Waals surface area (Å²) >= 11 is 0. The van der Waals surface area contributed by atoms with E-state index in [-0.39, 0.29) is 5.56 Å². The van der Waals surface area contributed by atoms with Crippen molar-refractivity contribution in [3.8, 4) is 0 Å². The number of rotatable bonds is 2. The van der Waals surface area contributed by atoms with Gasteiger partial charge in [-0.1, -0.05) is 30.3 Å². The highest BCUT2D eigenvalue weighted by Crippen LogP contribution is 2.52. The lowest BCUT2D eigenvalue weighted by Crippen LogP contribution is -1.91. The van der Waals surface area contributed by atoms with Crippen molar-refractivity contribution in [3.05, 3.63) is 35.9 Å². The zero-order valence-corrected chi connectivity index (χ0v) is 6.99. The normalized spacial score (nSPS) is 14.2. The second-order valence-electron chi connectivity index (χ2n) is 2.34. The number of hydrogen-bond donors (Lipinski definition) is 2. The van der Waals surface area contributed by atoms with Gasteiger partial charge in [-0.15, -0.1) is 0 Å². The minimum absolute atomic E-state index is 0.00540.